The van der Waals surface area contributed by atoms with E-state index < -0.39 is 0 Å². The normalized spacial score (nSPS) is 14.4. The standard InChI is InChI=1S/C16H18N4O/c21-10-9-20(16-17-7-8-18-16)19-12-13-5-6-14-3-1-2-4-15(14)11-13/h1-6,11-12,21H,7-10H2,(H,17,18)/b19-12-. The van der Waals surface area contributed by atoms with Gasteiger partial charge in [0.1, 0.15) is 0 Å². The molecular weight excluding hydrogens is 264 g/mol. The number of aliphatic imine (C=N–C) groups is 1. The monoisotopic (exact) mass is 282 g/mol. The molecule has 5 nitrogen and oxygen atoms in total. The smallest absolute Gasteiger partial charge is 0.215 e. The maximum absolute atomic E-state index is 9.14. The number of guanidine groups is 1. The lowest BCUT2D eigenvalue weighted by Crippen LogP contribution is -2.36. The molecule has 0 bridgehead atoms. The van der Waals surface area contributed by atoms with Gasteiger partial charge in [0.2, 0.25) is 5.96 Å². The molecule has 0 radical (unpaired) electrons. The van der Waals surface area contributed by atoms with Crippen molar-refractivity contribution in [1.82, 2.24) is 10.3 Å². The third-order valence-corrected chi connectivity index (χ3v) is 3.33. The van der Waals surface area contributed by atoms with E-state index in [9.17, 15) is 0 Å². The summed E-state index contributed by atoms with van der Waals surface area (Å²) < 4.78 is 0. The molecule has 2 aromatic rings. The second-order valence-corrected chi connectivity index (χ2v) is 4.83. The fourth-order valence-corrected chi connectivity index (χ4v) is 2.30. The average molecular weight is 282 g/mol. The van der Waals surface area contributed by atoms with E-state index in [0.29, 0.717) is 6.54 Å². The van der Waals surface area contributed by atoms with Crippen LogP contribution < -0.4 is 5.32 Å². The number of hydrogen-bond donors (Lipinski definition) is 2. The van der Waals surface area contributed by atoms with E-state index in [2.05, 4.69) is 39.7 Å². The molecule has 0 saturated carbocycles. The first-order valence-electron chi connectivity index (χ1n) is 7.06. The van der Waals surface area contributed by atoms with Gasteiger partial charge in [0, 0.05) is 6.54 Å². The summed E-state index contributed by atoms with van der Waals surface area (Å²) in [6.07, 6.45) is 1.80. The number of hydrogen-bond acceptors (Lipinski definition) is 5. The molecule has 0 amide bonds. The molecule has 0 aromatic heterocycles. The minimum absolute atomic E-state index is 0.0375. The lowest BCUT2D eigenvalue weighted by Gasteiger charge is -2.17. The molecule has 3 rings (SSSR count). The molecule has 1 heterocycles. The van der Waals surface area contributed by atoms with Crippen LogP contribution in [0.3, 0.4) is 0 Å². The molecule has 108 valence electrons. The van der Waals surface area contributed by atoms with Crippen LogP contribution in [-0.4, -0.2) is 48.5 Å². The zero-order valence-corrected chi connectivity index (χ0v) is 11.7. The number of nitrogens with zero attached hydrogens (tertiary/aromatic N) is 3. The first-order valence-corrected chi connectivity index (χ1v) is 7.06. The minimum atomic E-state index is 0.0375. The number of hydrazone groups is 1. The summed E-state index contributed by atoms with van der Waals surface area (Å²) in [5, 5.41) is 20.8. The summed E-state index contributed by atoms with van der Waals surface area (Å²) in [4.78, 5) is 4.32. The van der Waals surface area contributed by atoms with Crippen molar-refractivity contribution >= 4 is 22.9 Å². The van der Waals surface area contributed by atoms with Gasteiger partial charge in [-0.3, -0.25) is 0 Å². The van der Waals surface area contributed by atoms with E-state index in [-0.39, 0.29) is 6.61 Å². The molecule has 0 spiro atoms. The van der Waals surface area contributed by atoms with E-state index in [4.69, 9.17) is 5.11 Å². The predicted molar refractivity (Wildman–Crippen MR) is 85.6 cm³/mol. The van der Waals surface area contributed by atoms with Crippen LogP contribution in [0.5, 0.6) is 0 Å². The lowest BCUT2D eigenvalue weighted by atomic mass is 10.1. The molecule has 0 atom stereocenters. The zero-order valence-electron chi connectivity index (χ0n) is 11.7. The van der Waals surface area contributed by atoms with Crippen LogP contribution in [0.1, 0.15) is 5.56 Å². The molecule has 0 saturated heterocycles. The number of benzene rings is 2. The van der Waals surface area contributed by atoms with E-state index in [1.54, 1.807) is 11.2 Å². The maximum atomic E-state index is 9.14. The molecule has 2 N–H and O–H groups in total. The van der Waals surface area contributed by atoms with Gasteiger partial charge in [-0.15, -0.1) is 0 Å². The second-order valence-electron chi connectivity index (χ2n) is 4.83. The number of fused-ring (bicyclic) bond motifs is 1. The summed E-state index contributed by atoms with van der Waals surface area (Å²) in [7, 11) is 0. The van der Waals surface area contributed by atoms with Crippen LogP contribution >= 0.6 is 0 Å². The summed E-state index contributed by atoms with van der Waals surface area (Å²) >= 11 is 0. The topological polar surface area (TPSA) is 60.2 Å². The van der Waals surface area contributed by atoms with Crippen molar-refractivity contribution in [3.63, 3.8) is 0 Å². The molecule has 5 heteroatoms. The fourth-order valence-electron chi connectivity index (χ4n) is 2.30. The molecule has 1 aliphatic heterocycles. The van der Waals surface area contributed by atoms with Crippen molar-refractivity contribution in [2.75, 3.05) is 26.2 Å². The van der Waals surface area contributed by atoms with Gasteiger partial charge in [0.15, 0.2) is 0 Å². The van der Waals surface area contributed by atoms with E-state index >= 15 is 0 Å². The van der Waals surface area contributed by atoms with Gasteiger partial charge in [-0.2, -0.15) is 5.10 Å². The zero-order chi connectivity index (χ0) is 14.5. The van der Waals surface area contributed by atoms with Crippen LogP contribution in [0.15, 0.2) is 52.6 Å². The van der Waals surface area contributed by atoms with Crippen molar-refractivity contribution in [3.8, 4) is 0 Å². The Labute approximate surface area is 123 Å². The van der Waals surface area contributed by atoms with Crippen molar-refractivity contribution < 1.29 is 5.11 Å². The Morgan fingerprint density at radius 1 is 1.24 bits per heavy atom. The molecule has 2 aromatic carbocycles. The van der Waals surface area contributed by atoms with Crippen LogP contribution in [0.25, 0.3) is 10.8 Å². The molecular formula is C16H18N4O. The highest BCUT2D eigenvalue weighted by molar-refractivity contribution is 5.91. The van der Waals surface area contributed by atoms with Gasteiger partial charge in [-0.05, 0) is 22.4 Å². The Hall–Kier alpha value is -2.40. The Balaban J connectivity index is 1.81. The van der Waals surface area contributed by atoms with Crippen molar-refractivity contribution in [1.29, 1.82) is 0 Å². The highest BCUT2D eigenvalue weighted by Gasteiger charge is 2.12. The number of aliphatic hydroxyl groups excluding tert-OH is 1. The van der Waals surface area contributed by atoms with E-state index in [1.165, 1.54) is 10.8 Å². The summed E-state index contributed by atoms with van der Waals surface area (Å²) in [5.74, 6) is 0.723. The number of aliphatic hydroxyl groups is 1. The molecule has 21 heavy (non-hydrogen) atoms. The first-order chi connectivity index (χ1) is 10.4. The van der Waals surface area contributed by atoms with Crippen molar-refractivity contribution in [3.05, 3.63) is 48.0 Å². The highest BCUT2D eigenvalue weighted by Crippen LogP contribution is 2.14. The van der Waals surface area contributed by atoms with Gasteiger partial charge in [0.05, 0.1) is 25.9 Å². The predicted octanol–water partition coefficient (Wildman–Crippen LogP) is 1.43. The van der Waals surface area contributed by atoms with Crippen LogP contribution in [0.2, 0.25) is 0 Å². The van der Waals surface area contributed by atoms with Gasteiger partial charge in [-0.25, -0.2) is 10.0 Å². The summed E-state index contributed by atoms with van der Waals surface area (Å²) in [6.45, 7) is 2.04. The van der Waals surface area contributed by atoms with Crippen molar-refractivity contribution in [2.24, 2.45) is 10.1 Å². The van der Waals surface area contributed by atoms with Crippen LogP contribution in [0, 0.1) is 0 Å². The van der Waals surface area contributed by atoms with Crippen molar-refractivity contribution in [2.45, 2.75) is 0 Å². The van der Waals surface area contributed by atoms with Gasteiger partial charge in [0.25, 0.3) is 0 Å². The Kier molecular flexibility index (Phi) is 4.12. The highest BCUT2D eigenvalue weighted by atomic mass is 16.3. The fraction of sp³-hybridized carbons (Fsp3) is 0.250. The van der Waals surface area contributed by atoms with Crippen LogP contribution in [0.4, 0.5) is 0 Å². The molecule has 0 aliphatic carbocycles. The van der Waals surface area contributed by atoms with Gasteiger partial charge >= 0.3 is 0 Å². The summed E-state index contributed by atoms with van der Waals surface area (Å²) in [5.41, 5.74) is 1.02. The molecule has 0 fully saturated rings. The lowest BCUT2D eigenvalue weighted by molar-refractivity contribution is 0.251. The SMILES string of the molecule is OCCN(/N=C\c1ccc2ccccc2c1)C1=NCCN1. The first kappa shape index (κ1) is 13.6. The third-order valence-electron chi connectivity index (χ3n) is 3.33. The van der Waals surface area contributed by atoms with Crippen LogP contribution in [-0.2, 0) is 0 Å². The van der Waals surface area contributed by atoms with Gasteiger partial charge in [-0.1, -0.05) is 36.4 Å². The largest absolute Gasteiger partial charge is 0.394 e. The second kappa shape index (κ2) is 6.37. The Morgan fingerprint density at radius 2 is 2.10 bits per heavy atom. The maximum Gasteiger partial charge on any atom is 0.215 e. The molecule has 0 unspecified atom stereocenters. The minimum Gasteiger partial charge on any atom is -0.394 e. The Morgan fingerprint density at radius 3 is 2.86 bits per heavy atom. The van der Waals surface area contributed by atoms with E-state index in [0.717, 1.165) is 24.6 Å². The number of nitrogens with one attached hydrogen (secondary N) is 1. The molecule has 1 aliphatic rings. The average Bonchev–Trinajstić information content (AvgIpc) is 3.05. The summed E-state index contributed by atoms with van der Waals surface area (Å²) in [6, 6.07) is 14.4. The third kappa shape index (κ3) is 3.20. The van der Waals surface area contributed by atoms with E-state index in [1.807, 2.05) is 18.2 Å². The quantitative estimate of drug-likeness (QED) is 0.659. The Bertz CT molecular complexity index is 681. The van der Waals surface area contributed by atoms with Gasteiger partial charge < -0.3 is 10.4 Å². The number of rotatable bonds is 4.